The van der Waals surface area contributed by atoms with Crippen molar-refractivity contribution < 1.29 is 38.7 Å². The molecular weight excluding hydrogens is 508 g/mol. The zero-order valence-electron chi connectivity index (χ0n) is 20.7. The Kier molecular flexibility index (Phi) is 15.0. The molecule has 16 N–H and O–H groups in total. The molecular formula is C20H36N10O8. The van der Waals surface area contributed by atoms with E-state index in [1.165, 1.54) is 0 Å². The molecule has 0 saturated carbocycles. The highest BCUT2D eigenvalue weighted by Crippen LogP contribution is 2.05. The van der Waals surface area contributed by atoms with Crippen LogP contribution in [0.5, 0.6) is 0 Å². The van der Waals surface area contributed by atoms with Crippen molar-refractivity contribution in [3.8, 4) is 0 Å². The highest BCUT2D eigenvalue weighted by molar-refractivity contribution is 5.96. The third-order valence-electron chi connectivity index (χ3n) is 4.95. The van der Waals surface area contributed by atoms with E-state index in [0.717, 1.165) is 0 Å². The molecule has 0 bridgehead atoms. The number of aliphatic imine (C=N–C) groups is 1. The van der Waals surface area contributed by atoms with Crippen LogP contribution >= 0.6 is 0 Å². The van der Waals surface area contributed by atoms with E-state index in [4.69, 9.17) is 34.4 Å². The van der Waals surface area contributed by atoms with Gasteiger partial charge in [0.25, 0.3) is 0 Å². The maximum absolute atomic E-state index is 12.9. The monoisotopic (exact) mass is 544 g/mol. The third-order valence-corrected chi connectivity index (χ3v) is 4.95. The van der Waals surface area contributed by atoms with Gasteiger partial charge in [-0.3, -0.25) is 33.8 Å². The SMILES string of the molecule is NC(=O)CCC(N)C(=O)NC(CC(N)=O)C(=O)NC(CCC(N)=O)C(=O)NC(CCCN=C(N)N)C(=O)O. The number of primary amides is 3. The number of rotatable bonds is 19. The van der Waals surface area contributed by atoms with E-state index < -0.39 is 72.0 Å². The summed E-state index contributed by atoms with van der Waals surface area (Å²) in [6, 6.07) is -5.72. The van der Waals surface area contributed by atoms with Crippen molar-refractivity contribution in [1.82, 2.24) is 16.0 Å². The summed E-state index contributed by atoms with van der Waals surface area (Å²) in [6.07, 6.45) is -1.63. The molecule has 0 fully saturated rings. The Bertz CT molecular complexity index is 921. The van der Waals surface area contributed by atoms with Crippen molar-refractivity contribution >= 4 is 47.4 Å². The summed E-state index contributed by atoms with van der Waals surface area (Å²) in [5.41, 5.74) is 31.4. The van der Waals surface area contributed by atoms with Crippen molar-refractivity contribution in [2.45, 2.75) is 69.1 Å². The quantitative estimate of drug-likeness (QED) is 0.0414. The standard InChI is InChI=1S/C20H36N10O8/c21-9(3-5-13(22)31)16(34)30-12(8-15(24)33)18(36)28-10(4-6-14(23)32)17(35)29-11(19(37)38)2-1-7-27-20(25)26/h9-12H,1-8,21H2,(H2,22,31)(H2,23,32)(H2,24,33)(H,28,36)(H,29,35)(H,30,34)(H,37,38)(H4,25,26,27). The molecule has 0 aliphatic rings. The molecule has 214 valence electrons. The number of aliphatic carboxylic acids is 1. The highest BCUT2D eigenvalue weighted by Gasteiger charge is 2.31. The molecule has 6 amide bonds. The number of nitrogens with one attached hydrogen (secondary N) is 3. The van der Waals surface area contributed by atoms with Crippen LogP contribution in [0.4, 0.5) is 0 Å². The number of carbonyl (C=O) groups excluding carboxylic acids is 6. The van der Waals surface area contributed by atoms with E-state index in [-0.39, 0.29) is 51.0 Å². The predicted octanol–water partition coefficient (Wildman–Crippen LogP) is -5.69. The number of nitrogens with two attached hydrogens (primary N) is 6. The van der Waals surface area contributed by atoms with E-state index >= 15 is 0 Å². The van der Waals surface area contributed by atoms with Gasteiger partial charge < -0.3 is 55.5 Å². The zero-order valence-corrected chi connectivity index (χ0v) is 20.7. The van der Waals surface area contributed by atoms with Gasteiger partial charge in [0, 0.05) is 19.4 Å². The topological polar surface area (TPSA) is 344 Å². The fraction of sp³-hybridized carbons (Fsp3) is 0.600. The van der Waals surface area contributed by atoms with Gasteiger partial charge in [-0.15, -0.1) is 0 Å². The van der Waals surface area contributed by atoms with Gasteiger partial charge in [-0.25, -0.2) is 4.79 Å². The molecule has 0 saturated heterocycles. The third kappa shape index (κ3) is 14.8. The van der Waals surface area contributed by atoms with Gasteiger partial charge in [-0.2, -0.15) is 0 Å². The van der Waals surface area contributed by atoms with Gasteiger partial charge in [0.15, 0.2) is 5.96 Å². The largest absolute Gasteiger partial charge is 0.480 e. The molecule has 18 nitrogen and oxygen atoms in total. The average molecular weight is 545 g/mol. The number of carboxylic acids is 1. The Balaban J connectivity index is 5.56. The highest BCUT2D eigenvalue weighted by atomic mass is 16.4. The molecule has 4 unspecified atom stereocenters. The summed E-state index contributed by atoms with van der Waals surface area (Å²) in [6.45, 7) is 0.0971. The average Bonchev–Trinajstić information content (AvgIpc) is 2.80. The second kappa shape index (κ2) is 17.1. The van der Waals surface area contributed by atoms with Crippen LogP contribution in [0.3, 0.4) is 0 Å². The van der Waals surface area contributed by atoms with Crippen LogP contribution in [0.25, 0.3) is 0 Å². The summed E-state index contributed by atoms with van der Waals surface area (Å²) >= 11 is 0. The number of amides is 6. The van der Waals surface area contributed by atoms with Crippen LogP contribution in [0, 0.1) is 0 Å². The van der Waals surface area contributed by atoms with E-state index in [2.05, 4.69) is 20.9 Å². The molecule has 0 aromatic heterocycles. The van der Waals surface area contributed by atoms with Crippen molar-refractivity contribution in [3.63, 3.8) is 0 Å². The predicted molar refractivity (Wildman–Crippen MR) is 132 cm³/mol. The van der Waals surface area contributed by atoms with Crippen molar-refractivity contribution in [2.24, 2.45) is 39.4 Å². The van der Waals surface area contributed by atoms with E-state index in [1.54, 1.807) is 0 Å². The van der Waals surface area contributed by atoms with Gasteiger partial charge in [0.1, 0.15) is 18.1 Å². The number of hydrogen-bond acceptors (Lipinski definition) is 9. The first-order valence-corrected chi connectivity index (χ1v) is 11.4. The second-order valence-corrected chi connectivity index (χ2v) is 8.26. The summed E-state index contributed by atoms with van der Waals surface area (Å²) in [4.78, 5) is 86.9. The Labute approximate surface area is 217 Å². The van der Waals surface area contributed by atoms with Gasteiger partial charge >= 0.3 is 5.97 Å². The lowest BCUT2D eigenvalue weighted by Crippen LogP contribution is -2.57. The number of carboxylic acid groups (broad SMARTS) is 1. The molecule has 0 aliphatic heterocycles. The van der Waals surface area contributed by atoms with Gasteiger partial charge in [0.2, 0.25) is 35.4 Å². The normalized spacial score (nSPS) is 13.6. The van der Waals surface area contributed by atoms with Crippen LogP contribution in [-0.4, -0.2) is 83.2 Å². The molecule has 0 aromatic rings. The number of hydrogen-bond donors (Lipinski definition) is 10. The fourth-order valence-electron chi connectivity index (χ4n) is 2.98. The minimum absolute atomic E-state index is 0.0715. The molecule has 0 spiro atoms. The van der Waals surface area contributed by atoms with Crippen LogP contribution in [0.2, 0.25) is 0 Å². The summed E-state index contributed by atoms with van der Waals surface area (Å²) < 4.78 is 0. The lowest BCUT2D eigenvalue weighted by atomic mass is 10.1. The molecule has 4 atom stereocenters. The molecule has 0 radical (unpaired) electrons. The Hall–Kier alpha value is -4.48. The lowest BCUT2D eigenvalue weighted by molar-refractivity contribution is -0.142. The van der Waals surface area contributed by atoms with Crippen LogP contribution < -0.4 is 50.4 Å². The van der Waals surface area contributed by atoms with Crippen LogP contribution in [-0.2, 0) is 33.6 Å². The Morgan fingerprint density at radius 3 is 1.66 bits per heavy atom. The number of nitrogens with zero attached hydrogens (tertiary/aromatic N) is 1. The summed E-state index contributed by atoms with van der Waals surface area (Å²) in [5.74, 6) is -7.02. The van der Waals surface area contributed by atoms with Crippen LogP contribution in [0.15, 0.2) is 4.99 Å². The first-order valence-electron chi connectivity index (χ1n) is 11.4. The molecule has 38 heavy (non-hydrogen) atoms. The van der Waals surface area contributed by atoms with Gasteiger partial charge in [-0.05, 0) is 25.7 Å². The Morgan fingerprint density at radius 2 is 1.16 bits per heavy atom. The minimum atomic E-state index is -1.58. The smallest absolute Gasteiger partial charge is 0.326 e. The summed E-state index contributed by atoms with van der Waals surface area (Å²) in [7, 11) is 0. The molecule has 18 heteroatoms. The molecule has 0 rings (SSSR count). The van der Waals surface area contributed by atoms with Gasteiger partial charge in [-0.1, -0.05) is 0 Å². The number of carbonyl (C=O) groups is 7. The van der Waals surface area contributed by atoms with Gasteiger partial charge in [0.05, 0.1) is 12.5 Å². The maximum Gasteiger partial charge on any atom is 0.326 e. The fourth-order valence-corrected chi connectivity index (χ4v) is 2.98. The molecule has 0 heterocycles. The maximum atomic E-state index is 12.9. The number of guanidine groups is 1. The van der Waals surface area contributed by atoms with Crippen LogP contribution in [0.1, 0.15) is 44.9 Å². The zero-order chi connectivity index (χ0) is 29.4. The van der Waals surface area contributed by atoms with Crippen molar-refractivity contribution in [1.29, 1.82) is 0 Å². The first kappa shape index (κ1) is 33.5. The van der Waals surface area contributed by atoms with Crippen molar-refractivity contribution in [2.75, 3.05) is 6.54 Å². The van der Waals surface area contributed by atoms with E-state index in [1.807, 2.05) is 0 Å². The minimum Gasteiger partial charge on any atom is -0.480 e. The Morgan fingerprint density at radius 1 is 0.658 bits per heavy atom. The molecule has 0 aliphatic carbocycles. The lowest BCUT2D eigenvalue weighted by Gasteiger charge is -2.24. The summed E-state index contributed by atoms with van der Waals surface area (Å²) in [5, 5.41) is 16.1. The molecule has 0 aromatic carbocycles. The van der Waals surface area contributed by atoms with E-state index in [9.17, 15) is 38.7 Å². The van der Waals surface area contributed by atoms with E-state index in [0.29, 0.717) is 0 Å². The first-order chi connectivity index (χ1) is 17.6. The van der Waals surface area contributed by atoms with Crippen molar-refractivity contribution in [3.05, 3.63) is 0 Å². The second-order valence-electron chi connectivity index (χ2n) is 8.26.